The van der Waals surface area contributed by atoms with Crippen molar-refractivity contribution in [3.63, 3.8) is 0 Å². The summed E-state index contributed by atoms with van der Waals surface area (Å²) in [4.78, 5) is 17.6. The van der Waals surface area contributed by atoms with Gasteiger partial charge in [-0.2, -0.15) is 0 Å². The summed E-state index contributed by atoms with van der Waals surface area (Å²) >= 11 is 5.04. The van der Waals surface area contributed by atoms with E-state index in [1.54, 1.807) is 10.4 Å². The number of halogens is 1. The van der Waals surface area contributed by atoms with Gasteiger partial charge in [0, 0.05) is 0 Å². The lowest BCUT2D eigenvalue weighted by molar-refractivity contribution is -0.117. The van der Waals surface area contributed by atoms with E-state index >= 15 is 0 Å². The summed E-state index contributed by atoms with van der Waals surface area (Å²) in [6.07, 6.45) is -0.362. The topological polar surface area (TPSA) is 53.4 Å². The first-order valence-electron chi connectivity index (χ1n) is 5.17. The molecule has 88 valence electrons. The SMILES string of the molecule is O=C1CC(O)CN1c1ccc2ncsc2c1Br. The number of β-amino-alcohol motifs (C(OH)–C–C–N with tert-alkyl or cyclic N) is 1. The van der Waals surface area contributed by atoms with E-state index < -0.39 is 6.10 Å². The Hall–Kier alpha value is -0.980. The summed E-state index contributed by atoms with van der Waals surface area (Å²) < 4.78 is 1.90. The third-order valence-electron chi connectivity index (χ3n) is 2.81. The lowest BCUT2D eigenvalue weighted by Crippen LogP contribution is -2.25. The minimum absolute atomic E-state index is 0.0398. The number of hydrogen-bond acceptors (Lipinski definition) is 4. The van der Waals surface area contributed by atoms with Gasteiger partial charge in [0.1, 0.15) is 0 Å². The van der Waals surface area contributed by atoms with E-state index in [1.165, 1.54) is 11.3 Å². The molecule has 0 bridgehead atoms. The zero-order valence-corrected chi connectivity index (χ0v) is 11.2. The Labute approximate surface area is 110 Å². The van der Waals surface area contributed by atoms with Crippen LogP contribution in [0.2, 0.25) is 0 Å². The van der Waals surface area contributed by atoms with Gasteiger partial charge in [0.25, 0.3) is 0 Å². The average molecular weight is 313 g/mol. The molecule has 1 N–H and O–H groups in total. The van der Waals surface area contributed by atoms with Crippen molar-refractivity contribution < 1.29 is 9.90 Å². The molecule has 0 spiro atoms. The Morgan fingerprint density at radius 2 is 2.35 bits per heavy atom. The van der Waals surface area contributed by atoms with Gasteiger partial charge >= 0.3 is 0 Å². The number of benzene rings is 1. The molecule has 2 heterocycles. The van der Waals surface area contributed by atoms with Crippen LogP contribution in [0.1, 0.15) is 6.42 Å². The van der Waals surface area contributed by atoms with Gasteiger partial charge in [0.15, 0.2) is 0 Å². The minimum Gasteiger partial charge on any atom is -0.391 e. The highest BCUT2D eigenvalue weighted by Crippen LogP contribution is 2.37. The molecule has 1 atom stereocenters. The number of carbonyl (C=O) groups is 1. The molecule has 1 aromatic carbocycles. The zero-order chi connectivity index (χ0) is 12.0. The van der Waals surface area contributed by atoms with Gasteiger partial charge in [0.05, 0.1) is 45.0 Å². The van der Waals surface area contributed by atoms with Crippen LogP contribution in [0.3, 0.4) is 0 Å². The molecule has 0 aliphatic carbocycles. The van der Waals surface area contributed by atoms with Gasteiger partial charge in [-0.15, -0.1) is 11.3 Å². The molecule has 4 nitrogen and oxygen atoms in total. The number of carbonyl (C=O) groups excluding carboxylic acids is 1. The number of fused-ring (bicyclic) bond motifs is 1. The number of aromatic nitrogens is 1. The van der Waals surface area contributed by atoms with Crippen LogP contribution in [0.4, 0.5) is 5.69 Å². The van der Waals surface area contributed by atoms with Crippen LogP contribution in [0.15, 0.2) is 22.1 Å². The number of thiazole rings is 1. The molecule has 2 aromatic rings. The third-order valence-corrected chi connectivity index (χ3v) is 4.74. The van der Waals surface area contributed by atoms with E-state index in [1.807, 2.05) is 12.1 Å². The maximum Gasteiger partial charge on any atom is 0.229 e. The van der Waals surface area contributed by atoms with Crippen molar-refractivity contribution in [2.45, 2.75) is 12.5 Å². The molecule has 1 saturated heterocycles. The Bertz CT molecular complexity index is 598. The van der Waals surface area contributed by atoms with Crippen molar-refractivity contribution in [2.24, 2.45) is 0 Å². The second-order valence-electron chi connectivity index (χ2n) is 3.96. The fourth-order valence-corrected chi connectivity index (χ4v) is 3.57. The Morgan fingerprint density at radius 1 is 1.53 bits per heavy atom. The maximum absolute atomic E-state index is 11.7. The number of aliphatic hydroxyl groups excluding tert-OH is 1. The molecular formula is C11H9BrN2O2S. The lowest BCUT2D eigenvalue weighted by atomic mass is 10.3. The summed E-state index contributed by atoms with van der Waals surface area (Å²) in [5, 5.41) is 9.51. The van der Waals surface area contributed by atoms with Gasteiger partial charge in [-0.1, -0.05) is 0 Å². The number of amides is 1. The monoisotopic (exact) mass is 312 g/mol. The number of aliphatic hydroxyl groups is 1. The fraction of sp³-hybridized carbons (Fsp3) is 0.273. The number of rotatable bonds is 1. The van der Waals surface area contributed by atoms with E-state index in [9.17, 15) is 9.90 Å². The molecule has 1 amide bonds. The molecule has 0 radical (unpaired) electrons. The fourth-order valence-electron chi connectivity index (χ4n) is 2.02. The molecule has 1 aliphatic rings. The van der Waals surface area contributed by atoms with Crippen LogP contribution in [-0.4, -0.2) is 28.6 Å². The highest BCUT2D eigenvalue weighted by Gasteiger charge is 2.30. The van der Waals surface area contributed by atoms with Crippen molar-refractivity contribution in [1.29, 1.82) is 0 Å². The number of hydrogen-bond donors (Lipinski definition) is 1. The number of anilines is 1. The van der Waals surface area contributed by atoms with Crippen LogP contribution in [-0.2, 0) is 4.79 Å². The molecule has 3 rings (SSSR count). The quantitative estimate of drug-likeness (QED) is 0.878. The normalized spacial score (nSPS) is 20.5. The molecular weight excluding hydrogens is 304 g/mol. The molecule has 6 heteroatoms. The Morgan fingerprint density at radius 3 is 3.06 bits per heavy atom. The van der Waals surface area contributed by atoms with Crippen molar-refractivity contribution >= 4 is 49.1 Å². The lowest BCUT2D eigenvalue weighted by Gasteiger charge is -2.17. The van der Waals surface area contributed by atoms with Crippen LogP contribution >= 0.6 is 27.3 Å². The summed E-state index contributed by atoms with van der Waals surface area (Å²) in [5.41, 5.74) is 3.50. The third kappa shape index (κ3) is 1.76. The van der Waals surface area contributed by atoms with E-state index in [0.717, 1.165) is 20.4 Å². The second kappa shape index (κ2) is 4.04. The van der Waals surface area contributed by atoms with Crippen LogP contribution in [0.5, 0.6) is 0 Å². The van der Waals surface area contributed by atoms with E-state index in [0.29, 0.717) is 6.54 Å². The summed E-state index contributed by atoms with van der Waals surface area (Å²) in [7, 11) is 0. The van der Waals surface area contributed by atoms with Crippen molar-refractivity contribution in [3.05, 3.63) is 22.1 Å². The van der Waals surface area contributed by atoms with Crippen LogP contribution in [0.25, 0.3) is 10.2 Å². The van der Waals surface area contributed by atoms with Gasteiger partial charge < -0.3 is 10.0 Å². The standard InChI is InChI=1S/C11H9BrN2O2S/c12-10-8(14-4-6(15)3-9(14)16)2-1-7-11(10)17-5-13-7/h1-2,5-6,15H,3-4H2. The number of nitrogens with zero attached hydrogens (tertiary/aromatic N) is 2. The summed E-state index contributed by atoms with van der Waals surface area (Å²) in [5.74, 6) is -0.0398. The van der Waals surface area contributed by atoms with Gasteiger partial charge in [-0.05, 0) is 28.1 Å². The minimum atomic E-state index is -0.563. The van der Waals surface area contributed by atoms with Crippen LogP contribution < -0.4 is 4.90 Å². The molecule has 0 saturated carbocycles. The largest absolute Gasteiger partial charge is 0.391 e. The highest BCUT2D eigenvalue weighted by atomic mass is 79.9. The van der Waals surface area contributed by atoms with Gasteiger partial charge in [-0.25, -0.2) is 4.98 Å². The van der Waals surface area contributed by atoms with Gasteiger partial charge in [0.2, 0.25) is 5.91 Å². The summed E-state index contributed by atoms with van der Waals surface area (Å²) in [6.45, 7) is 0.363. The van der Waals surface area contributed by atoms with Crippen molar-refractivity contribution in [2.75, 3.05) is 11.4 Å². The summed E-state index contributed by atoms with van der Waals surface area (Å²) in [6, 6.07) is 3.76. The first-order valence-corrected chi connectivity index (χ1v) is 6.84. The maximum atomic E-state index is 11.7. The predicted octanol–water partition coefficient (Wildman–Crippen LogP) is 2.16. The smallest absolute Gasteiger partial charge is 0.229 e. The van der Waals surface area contributed by atoms with Crippen molar-refractivity contribution in [3.8, 4) is 0 Å². The van der Waals surface area contributed by atoms with E-state index in [-0.39, 0.29) is 12.3 Å². The average Bonchev–Trinajstić information content (AvgIpc) is 2.86. The Balaban J connectivity index is 2.11. The zero-order valence-electron chi connectivity index (χ0n) is 8.76. The van der Waals surface area contributed by atoms with E-state index in [2.05, 4.69) is 20.9 Å². The van der Waals surface area contributed by atoms with Gasteiger partial charge in [-0.3, -0.25) is 4.79 Å². The molecule has 1 unspecified atom stereocenters. The predicted molar refractivity (Wildman–Crippen MR) is 70.3 cm³/mol. The molecule has 1 aliphatic heterocycles. The molecule has 1 aromatic heterocycles. The van der Waals surface area contributed by atoms with E-state index in [4.69, 9.17) is 0 Å². The Kier molecular flexibility index (Phi) is 2.65. The van der Waals surface area contributed by atoms with Crippen LogP contribution in [0, 0.1) is 0 Å². The first-order chi connectivity index (χ1) is 8.16. The molecule has 17 heavy (non-hydrogen) atoms. The molecule has 1 fully saturated rings. The highest BCUT2D eigenvalue weighted by molar-refractivity contribution is 9.10. The van der Waals surface area contributed by atoms with Crippen molar-refractivity contribution in [1.82, 2.24) is 4.98 Å². The first kappa shape index (κ1) is 11.1. The second-order valence-corrected chi connectivity index (χ2v) is 5.61.